The van der Waals surface area contributed by atoms with Crippen LogP contribution in [0, 0.1) is 12.3 Å². The lowest BCUT2D eigenvalue weighted by molar-refractivity contribution is 0.0697. The maximum absolute atomic E-state index is 11.1. The molecule has 0 spiro atoms. The molecule has 0 aromatic carbocycles. The van der Waals surface area contributed by atoms with E-state index in [1.807, 2.05) is 6.92 Å². The number of aromatic carboxylic acids is 1. The number of nitrogens with zero attached hydrogens (tertiary/aromatic N) is 1. The van der Waals surface area contributed by atoms with Crippen molar-refractivity contribution in [2.24, 2.45) is 5.41 Å². The molecule has 0 aliphatic heterocycles. The number of carboxylic acid groups (broad SMARTS) is 1. The van der Waals surface area contributed by atoms with E-state index < -0.39 is 5.97 Å². The second-order valence-electron chi connectivity index (χ2n) is 5.19. The van der Waals surface area contributed by atoms with Crippen LogP contribution in [0.1, 0.15) is 42.2 Å². The number of carboxylic acids is 1. The summed E-state index contributed by atoms with van der Waals surface area (Å²) in [7, 11) is 0. The molecule has 1 aliphatic carbocycles. The molecule has 1 aromatic heterocycles. The third-order valence-electron chi connectivity index (χ3n) is 3.54. The van der Waals surface area contributed by atoms with Gasteiger partial charge in [-0.15, -0.1) is 0 Å². The Morgan fingerprint density at radius 2 is 2.29 bits per heavy atom. The second kappa shape index (κ2) is 4.35. The predicted octanol–water partition coefficient (Wildman–Crippen LogP) is 2.69. The highest BCUT2D eigenvalue weighted by molar-refractivity contribution is 5.93. The van der Waals surface area contributed by atoms with Crippen LogP contribution in [0.5, 0.6) is 0 Å². The summed E-state index contributed by atoms with van der Waals surface area (Å²) in [5, 5.41) is 12.3. The molecule has 4 heteroatoms. The Balaban J connectivity index is 2.13. The number of anilines is 1. The van der Waals surface area contributed by atoms with E-state index in [1.54, 1.807) is 6.07 Å². The van der Waals surface area contributed by atoms with Crippen molar-refractivity contribution in [1.82, 2.24) is 4.98 Å². The van der Waals surface area contributed by atoms with Gasteiger partial charge in [-0.1, -0.05) is 13.3 Å². The Labute approximate surface area is 101 Å². The van der Waals surface area contributed by atoms with Crippen LogP contribution in [0.4, 0.5) is 5.69 Å². The molecule has 17 heavy (non-hydrogen) atoms. The van der Waals surface area contributed by atoms with Gasteiger partial charge in [0, 0.05) is 18.4 Å². The minimum Gasteiger partial charge on any atom is -0.478 e. The Morgan fingerprint density at radius 3 is 2.82 bits per heavy atom. The fraction of sp³-hybridized carbons (Fsp3) is 0.538. The number of carbonyl (C=O) groups is 1. The Kier molecular flexibility index (Phi) is 3.05. The molecule has 1 heterocycles. The van der Waals surface area contributed by atoms with Crippen molar-refractivity contribution in [2.45, 2.75) is 33.1 Å². The molecule has 0 unspecified atom stereocenters. The van der Waals surface area contributed by atoms with E-state index in [2.05, 4.69) is 17.2 Å². The summed E-state index contributed by atoms with van der Waals surface area (Å²) in [5.74, 6) is -0.932. The van der Waals surface area contributed by atoms with Gasteiger partial charge in [-0.05, 0) is 31.2 Å². The van der Waals surface area contributed by atoms with E-state index in [9.17, 15) is 4.79 Å². The van der Waals surface area contributed by atoms with Crippen LogP contribution in [0.3, 0.4) is 0 Å². The number of rotatable bonds is 4. The van der Waals surface area contributed by atoms with Gasteiger partial charge >= 0.3 is 5.97 Å². The van der Waals surface area contributed by atoms with E-state index >= 15 is 0 Å². The van der Waals surface area contributed by atoms with Gasteiger partial charge in [0.1, 0.15) is 5.56 Å². The molecule has 2 rings (SSSR count). The topological polar surface area (TPSA) is 62.2 Å². The maximum atomic E-state index is 11.1. The third kappa shape index (κ3) is 2.57. The van der Waals surface area contributed by atoms with E-state index in [1.165, 1.54) is 25.5 Å². The van der Waals surface area contributed by atoms with Gasteiger partial charge in [0.15, 0.2) is 0 Å². The first-order valence-electron chi connectivity index (χ1n) is 5.94. The lowest BCUT2D eigenvalue weighted by Gasteiger charge is -2.38. The minimum absolute atomic E-state index is 0.249. The highest BCUT2D eigenvalue weighted by atomic mass is 16.4. The zero-order valence-electron chi connectivity index (χ0n) is 10.3. The van der Waals surface area contributed by atoms with Crippen LogP contribution in [0.2, 0.25) is 0 Å². The fourth-order valence-corrected chi connectivity index (χ4v) is 2.14. The number of pyridine rings is 1. The van der Waals surface area contributed by atoms with Crippen molar-refractivity contribution >= 4 is 11.7 Å². The number of hydrogen-bond donors (Lipinski definition) is 2. The third-order valence-corrected chi connectivity index (χ3v) is 3.54. The van der Waals surface area contributed by atoms with Crippen molar-refractivity contribution in [2.75, 3.05) is 11.9 Å². The van der Waals surface area contributed by atoms with E-state index in [-0.39, 0.29) is 5.56 Å². The van der Waals surface area contributed by atoms with Crippen LogP contribution < -0.4 is 5.32 Å². The van der Waals surface area contributed by atoms with E-state index in [4.69, 9.17) is 5.11 Å². The molecule has 0 saturated heterocycles. The molecule has 4 nitrogen and oxygen atoms in total. The van der Waals surface area contributed by atoms with Gasteiger partial charge in [-0.2, -0.15) is 0 Å². The van der Waals surface area contributed by atoms with Gasteiger partial charge < -0.3 is 10.4 Å². The largest absolute Gasteiger partial charge is 0.478 e. The SMILES string of the molecule is Cc1cc(NCC2(C)CCC2)c(C(=O)O)cn1. The number of hydrogen-bond acceptors (Lipinski definition) is 3. The summed E-state index contributed by atoms with van der Waals surface area (Å²) < 4.78 is 0. The second-order valence-corrected chi connectivity index (χ2v) is 5.19. The minimum atomic E-state index is -0.932. The summed E-state index contributed by atoms with van der Waals surface area (Å²) in [5.41, 5.74) is 2.08. The molecule has 0 amide bonds. The van der Waals surface area contributed by atoms with Crippen molar-refractivity contribution in [3.8, 4) is 0 Å². The van der Waals surface area contributed by atoms with Crippen molar-refractivity contribution < 1.29 is 9.90 Å². The van der Waals surface area contributed by atoms with Crippen LogP contribution in [0.25, 0.3) is 0 Å². The lowest BCUT2D eigenvalue weighted by Crippen LogP contribution is -2.33. The van der Waals surface area contributed by atoms with Gasteiger partial charge in [0.25, 0.3) is 0 Å². The summed E-state index contributed by atoms with van der Waals surface area (Å²) in [4.78, 5) is 15.1. The van der Waals surface area contributed by atoms with Crippen molar-refractivity contribution in [3.05, 3.63) is 23.5 Å². The van der Waals surface area contributed by atoms with Crippen LogP contribution >= 0.6 is 0 Å². The Morgan fingerprint density at radius 1 is 1.59 bits per heavy atom. The summed E-state index contributed by atoms with van der Waals surface area (Å²) in [6.07, 6.45) is 5.13. The Hall–Kier alpha value is -1.58. The Bertz CT molecular complexity index is 439. The van der Waals surface area contributed by atoms with E-state index in [0.717, 1.165) is 12.2 Å². The summed E-state index contributed by atoms with van der Waals surface area (Å²) >= 11 is 0. The zero-order valence-corrected chi connectivity index (χ0v) is 10.3. The molecule has 1 aromatic rings. The van der Waals surface area contributed by atoms with Crippen LogP contribution in [0.15, 0.2) is 12.3 Å². The van der Waals surface area contributed by atoms with Gasteiger partial charge in [-0.25, -0.2) is 4.79 Å². The molecule has 2 N–H and O–H groups in total. The predicted molar refractivity (Wildman–Crippen MR) is 66.4 cm³/mol. The molecular formula is C13H18N2O2. The van der Waals surface area contributed by atoms with Gasteiger partial charge in [0.05, 0.1) is 5.69 Å². The van der Waals surface area contributed by atoms with Crippen molar-refractivity contribution in [1.29, 1.82) is 0 Å². The van der Waals surface area contributed by atoms with Gasteiger partial charge in [-0.3, -0.25) is 4.98 Å². The molecule has 0 bridgehead atoms. The zero-order chi connectivity index (χ0) is 12.5. The average Bonchev–Trinajstić information content (AvgIpc) is 2.23. The fourth-order valence-electron chi connectivity index (χ4n) is 2.14. The molecule has 1 fully saturated rings. The van der Waals surface area contributed by atoms with Gasteiger partial charge in [0.2, 0.25) is 0 Å². The number of nitrogens with one attached hydrogen (secondary N) is 1. The molecule has 1 saturated carbocycles. The first-order chi connectivity index (χ1) is 8.00. The average molecular weight is 234 g/mol. The maximum Gasteiger partial charge on any atom is 0.339 e. The number of aryl methyl sites for hydroxylation is 1. The first-order valence-corrected chi connectivity index (χ1v) is 5.94. The standard InChI is InChI=1S/C13H18N2O2/c1-9-6-11(10(7-14-9)12(16)17)15-8-13(2)4-3-5-13/h6-7H,3-5,8H2,1-2H3,(H,14,15)(H,16,17). The smallest absolute Gasteiger partial charge is 0.339 e. The molecular weight excluding hydrogens is 216 g/mol. The quantitative estimate of drug-likeness (QED) is 0.840. The van der Waals surface area contributed by atoms with Crippen LogP contribution in [-0.4, -0.2) is 22.6 Å². The molecule has 92 valence electrons. The summed E-state index contributed by atoms with van der Waals surface area (Å²) in [6.45, 7) is 4.93. The number of aromatic nitrogens is 1. The normalized spacial score (nSPS) is 17.3. The van der Waals surface area contributed by atoms with Crippen LogP contribution in [-0.2, 0) is 0 Å². The lowest BCUT2D eigenvalue weighted by atomic mass is 9.70. The van der Waals surface area contributed by atoms with E-state index in [0.29, 0.717) is 11.1 Å². The highest BCUT2D eigenvalue weighted by Gasteiger charge is 2.31. The monoisotopic (exact) mass is 234 g/mol. The molecule has 0 atom stereocenters. The highest BCUT2D eigenvalue weighted by Crippen LogP contribution is 2.40. The molecule has 0 radical (unpaired) electrons. The molecule has 1 aliphatic rings. The first kappa shape index (κ1) is 11.9. The van der Waals surface area contributed by atoms with Crippen molar-refractivity contribution in [3.63, 3.8) is 0 Å². The summed E-state index contributed by atoms with van der Waals surface area (Å²) in [6, 6.07) is 1.80.